The van der Waals surface area contributed by atoms with Crippen molar-refractivity contribution in [2.24, 2.45) is 0 Å². The van der Waals surface area contributed by atoms with Crippen molar-refractivity contribution in [2.75, 3.05) is 6.54 Å². The van der Waals surface area contributed by atoms with Gasteiger partial charge in [-0.2, -0.15) is 0 Å². The summed E-state index contributed by atoms with van der Waals surface area (Å²) in [6.07, 6.45) is 9.17. The Morgan fingerprint density at radius 2 is 2.24 bits per heavy atom. The number of hydrogen-bond acceptors (Lipinski definition) is 4. The van der Waals surface area contributed by atoms with Gasteiger partial charge in [0, 0.05) is 31.9 Å². The smallest absolute Gasteiger partial charge is 0.358 e. The van der Waals surface area contributed by atoms with Crippen molar-refractivity contribution < 1.29 is 4.79 Å². The van der Waals surface area contributed by atoms with Crippen molar-refractivity contribution in [2.45, 2.75) is 25.9 Å². The number of hydrogen-bond donors (Lipinski definition) is 2. The van der Waals surface area contributed by atoms with E-state index in [1.165, 1.54) is 10.8 Å². The SMILES string of the molecule is O=C(CCCn1cc[nH]c1=[N+]([O-])[O-])NCCn1ccnc1. The molecule has 1 amide bonds. The van der Waals surface area contributed by atoms with Gasteiger partial charge in [-0.1, -0.05) is 0 Å². The van der Waals surface area contributed by atoms with Crippen LogP contribution in [0.2, 0.25) is 0 Å². The zero-order valence-corrected chi connectivity index (χ0v) is 11.4. The van der Waals surface area contributed by atoms with Gasteiger partial charge >= 0.3 is 5.62 Å². The Balaban J connectivity index is 1.67. The molecule has 2 rings (SSSR count). The second kappa shape index (κ2) is 7.17. The van der Waals surface area contributed by atoms with Crippen LogP contribution in [-0.2, 0) is 17.9 Å². The first-order valence-electron chi connectivity index (χ1n) is 6.60. The van der Waals surface area contributed by atoms with E-state index in [1.54, 1.807) is 18.7 Å². The molecule has 0 unspecified atom stereocenters. The van der Waals surface area contributed by atoms with Crippen LogP contribution in [0, 0.1) is 10.4 Å². The molecular weight excluding hydrogens is 276 g/mol. The van der Waals surface area contributed by atoms with E-state index >= 15 is 0 Å². The van der Waals surface area contributed by atoms with E-state index in [0.29, 0.717) is 32.5 Å². The van der Waals surface area contributed by atoms with Gasteiger partial charge in [-0.15, -0.1) is 0 Å². The molecule has 0 aliphatic carbocycles. The van der Waals surface area contributed by atoms with E-state index in [1.807, 2.05) is 10.8 Å². The fraction of sp³-hybridized carbons (Fsp3) is 0.417. The van der Waals surface area contributed by atoms with E-state index in [9.17, 15) is 15.2 Å². The summed E-state index contributed by atoms with van der Waals surface area (Å²) < 4.78 is 3.36. The topological polar surface area (TPSA) is 117 Å². The van der Waals surface area contributed by atoms with Gasteiger partial charge in [-0.25, -0.2) is 14.5 Å². The monoisotopic (exact) mass is 293 g/mol. The molecular formula is C12H17N6O3-. The Labute approximate surface area is 120 Å². The number of carbonyl (C=O) groups excluding carboxylic acids is 1. The van der Waals surface area contributed by atoms with Crippen molar-refractivity contribution in [3.8, 4) is 0 Å². The van der Waals surface area contributed by atoms with Gasteiger partial charge in [-0.05, 0) is 6.42 Å². The standard InChI is InChI=1S/C12H17N6O3/c19-11(14-4-8-16-7-3-13-10-16)2-1-6-17-9-5-15-12(17)18(20)21/h3,5,7,9-10,15H,1-2,4,6,8H2,(H-,14,19,20,21)/q-1. The lowest BCUT2D eigenvalue weighted by Gasteiger charge is -2.12. The third-order valence-electron chi connectivity index (χ3n) is 2.97. The van der Waals surface area contributed by atoms with Crippen LogP contribution in [0.5, 0.6) is 0 Å². The fourth-order valence-corrected chi connectivity index (χ4v) is 1.94. The van der Waals surface area contributed by atoms with Gasteiger partial charge in [0.2, 0.25) is 5.91 Å². The number of rotatable bonds is 7. The van der Waals surface area contributed by atoms with Gasteiger partial charge in [0.05, 0.1) is 25.3 Å². The van der Waals surface area contributed by atoms with E-state index in [4.69, 9.17) is 0 Å². The van der Waals surface area contributed by atoms with E-state index in [2.05, 4.69) is 15.3 Å². The third-order valence-corrected chi connectivity index (χ3v) is 2.97. The lowest BCUT2D eigenvalue weighted by Crippen LogP contribution is -2.30. The van der Waals surface area contributed by atoms with Crippen molar-refractivity contribution in [1.82, 2.24) is 29.3 Å². The van der Waals surface area contributed by atoms with Gasteiger partial charge in [0.15, 0.2) is 0 Å². The molecule has 2 aromatic heterocycles. The number of carbonyl (C=O) groups is 1. The summed E-state index contributed by atoms with van der Waals surface area (Å²) in [5, 5.41) is 24.2. The lowest BCUT2D eigenvalue weighted by molar-refractivity contribution is -0.121. The number of amides is 1. The highest BCUT2D eigenvalue weighted by molar-refractivity contribution is 5.75. The molecule has 2 N–H and O–H groups in total. The average Bonchev–Trinajstić information content (AvgIpc) is 3.09. The quantitative estimate of drug-likeness (QED) is 0.661. The van der Waals surface area contributed by atoms with Crippen LogP contribution in [-0.4, -0.2) is 31.6 Å². The van der Waals surface area contributed by atoms with Crippen molar-refractivity contribution in [3.05, 3.63) is 47.1 Å². The Morgan fingerprint density at radius 1 is 1.38 bits per heavy atom. The predicted molar refractivity (Wildman–Crippen MR) is 75.3 cm³/mol. The summed E-state index contributed by atoms with van der Waals surface area (Å²) in [6, 6.07) is 0. The van der Waals surface area contributed by atoms with Crippen LogP contribution in [0.1, 0.15) is 12.8 Å². The molecule has 0 saturated heterocycles. The second-order valence-electron chi connectivity index (χ2n) is 4.49. The maximum Gasteiger partial charge on any atom is 0.358 e. The minimum atomic E-state index is -0.481. The zero-order valence-electron chi connectivity index (χ0n) is 11.4. The zero-order chi connectivity index (χ0) is 15.1. The van der Waals surface area contributed by atoms with Crippen LogP contribution in [0.3, 0.4) is 0 Å². The number of H-pyrrole nitrogens is 1. The van der Waals surface area contributed by atoms with Gasteiger partial charge in [0.25, 0.3) is 0 Å². The van der Waals surface area contributed by atoms with Gasteiger partial charge < -0.3 is 20.3 Å². The number of aryl methyl sites for hydroxylation is 1. The molecule has 9 heteroatoms. The molecule has 9 nitrogen and oxygen atoms in total. The predicted octanol–water partition coefficient (Wildman–Crippen LogP) is -0.623. The molecule has 21 heavy (non-hydrogen) atoms. The third kappa shape index (κ3) is 4.41. The van der Waals surface area contributed by atoms with Gasteiger partial charge in [-0.3, -0.25) is 9.70 Å². The number of aromatic amines is 1. The summed E-state index contributed by atoms with van der Waals surface area (Å²) in [5.41, 5.74) is -0.0736. The normalized spacial score (nSPS) is 10.5. The summed E-state index contributed by atoms with van der Waals surface area (Å²) >= 11 is 0. The van der Waals surface area contributed by atoms with E-state index in [0.717, 1.165) is 0 Å². The summed E-state index contributed by atoms with van der Waals surface area (Å²) in [6.45, 7) is 1.63. The lowest BCUT2D eigenvalue weighted by atomic mass is 10.3. The summed E-state index contributed by atoms with van der Waals surface area (Å²) in [7, 11) is 0. The summed E-state index contributed by atoms with van der Waals surface area (Å²) in [5.74, 6) is -0.0612. The maximum absolute atomic E-state index is 11.6. The minimum absolute atomic E-state index is 0.0612. The second-order valence-corrected chi connectivity index (χ2v) is 4.49. The molecule has 0 spiro atoms. The molecule has 0 aliphatic heterocycles. The van der Waals surface area contributed by atoms with Crippen molar-refractivity contribution in [1.29, 1.82) is 0 Å². The van der Waals surface area contributed by atoms with Crippen LogP contribution in [0.4, 0.5) is 0 Å². The Kier molecular flexibility index (Phi) is 5.02. The maximum atomic E-state index is 11.6. The number of nitrogens with zero attached hydrogens (tertiary/aromatic N) is 4. The highest BCUT2D eigenvalue weighted by Crippen LogP contribution is 1.93. The Morgan fingerprint density at radius 3 is 2.95 bits per heavy atom. The fourth-order valence-electron chi connectivity index (χ4n) is 1.94. The molecule has 0 saturated carbocycles. The molecule has 0 radical (unpaired) electrons. The molecule has 0 fully saturated rings. The molecule has 0 aromatic carbocycles. The van der Waals surface area contributed by atoms with E-state index < -0.39 is 4.90 Å². The molecule has 2 heterocycles. The van der Waals surface area contributed by atoms with Gasteiger partial charge in [0.1, 0.15) is 0 Å². The van der Waals surface area contributed by atoms with Crippen LogP contribution >= 0.6 is 0 Å². The first kappa shape index (κ1) is 14.7. The summed E-state index contributed by atoms with van der Waals surface area (Å²) in [4.78, 5) is 17.6. The molecule has 2 aromatic rings. The first-order valence-corrected chi connectivity index (χ1v) is 6.60. The number of imidazole rings is 2. The first-order chi connectivity index (χ1) is 10.2. The average molecular weight is 293 g/mol. The molecule has 114 valence electrons. The molecule has 0 bridgehead atoms. The minimum Gasteiger partial charge on any atom is -0.744 e. The van der Waals surface area contributed by atoms with Crippen molar-refractivity contribution >= 4 is 5.91 Å². The van der Waals surface area contributed by atoms with E-state index in [-0.39, 0.29) is 11.5 Å². The highest BCUT2D eigenvalue weighted by atomic mass is 16.8. The van der Waals surface area contributed by atoms with Crippen LogP contribution in [0.25, 0.3) is 0 Å². The van der Waals surface area contributed by atoms with Crippen LogP contribution < -0.4 is 15.8 Å². The largest absolute Gasteiger partial charge is 0.744 e. The highest BCUT2D eigenvalue weighted by Gasteiger charge is 2.04. The van der Waals surface area contributed by atoms with Crippen LogP contribution in [0.15, 0.2) is 31.1 Å². The van der Waals surface area contributed by atoms with Crippen molar-refractivity contribution in [3.63, 3.8) is 0 Å². The number of nitrogens with one attached hydrogen (secondary N) is 2. The molecule has 0 atom stereocenters. The number of aromatic nitrogens is 4. The Bertz CT molecular complexity index is 623. The molecule has 0 aliphatic rings. The Hall–Kier alpha value is -2.71.